The van der Waals surface area contributed by atoms with Gasteiger partial charge in [-0.1, -0.05) is 26.7 Å². The SMILES string of the molecule is C=C(C)C(=O)O.C=C(C)C(=O)O.C=C(C)C(=O)O.CCC(CO)(CO)CO.[SiH4]. The lowest BCUT2D eigenvalue weighted by Crippen LogP contribution is -2.32. The van der Waals surface area contributed by atoms with Crippen LogP contribution in [-0.2, 0) is 14.4 Å². The molecule has 0 amide bonds. The third kappa shape index (κ3) is 26.0. The largest absolute Gasteiger partial charge is 0.478 e. The van der Waals surface area contributed by atoms with Gasteiger partial charge >= 0.3 is 17.9 Å². The molecule has 0 aliphatic heterocycles. The zero-order valence-corrected chi connectivity index (χ0v) is 16.4. The molecular formula is C18H36O9Si. The summed E-state index contributed by atoms with van der Waals surface area (Å²) < 4.78 is 0. The van der Waals surface area contributed by atoms with E-state index in [1.807, 2.05) is 6.92 Å². The molecule has 0 aliphatic carbocycles. The predicted molar refractivity (Wildman–Crippen MR) is 113 cm³/mol. The molecule has 0 unspecified atom stereocenters. The summed E-state index contributed by atoms with van der Waals surface area (Å²) in [6, 6.07) is 0. The van der Waals surface area contributed by atoms with E-state index in [9.17, 15) is 14.4 Å². The molecule has 10 heteroatoms. The molecule has 9 nitrogen and oxygen atoms in total. The Labute approximate surface area is 170 Å². The Morgan fingerprint density at radius 3 is 0.821 bits per heavy atom. The maximum absolute atomic E-state index is 9.60. The summed E-state index contributed by atoms with van der Waals surface area (Å²) in [5.74, 6) is -2.81. The van der Waals surface area contributed by atoms with E-state index < -0.39 is 23.3 Å². The van der Waals surface area contributed by atoms with Crippen LogP contribution in [0, 0.1) is 5.41 Å². The number of carboxylic acids is 3. The second-order valence-corrected chi connectivity index (χ2v) is 5.58. The van der Waals surface area contributed by atoms with Crippen molar-refractivity contribution < 1.29 is 45.0 Å². The lowest BCUT2D eigenvalue weighted by Gasteiger charge is -2.24. The van der Waals surface area contributed by atoms with Gasteiger partial charge in [-0.3, -0.25) is 0 Å². The highest BCUT2D eigenvalue weighted by molar-refractivity contribution is 5.85. The fraction of sp³-hybridized carbons (Fsp3) is 0.500. The first kappa shape index (κ1) is 36.6. The van der Waals surface area contributed by atoms with Crippen molar-refractivity contribution in [1.82, 2.24) is 0 Å². The van der Waals surface area contributed by atoms with E-state index in [-0.39, 0.29) is 47.5 Å². The summed E-state index contributed by atoms with van der Waals surface area (Å²) in [5.41, 5.74) is -0.139. The molecule has 0 saturated carbocycles. The fourth-order valence-electron chi connectivity index (χ4n) is 0.485. The Hall–Kier alpha value is -2.27. The number of aliphatic hydroxyl groups excluding tert-OH is 3. The Kier molecular flexibility index (Phi) is 27.5. The fourth-order valence-corrected chi connectivity index (χ4v) is 0.485. The van der Waals surface area contributed by atoms with Crippen molar-refractivity contribution >= 4 is 28.9 Å². The minimum absolute atomic E-state index is 0. The van der Waals surface area contributed by atoms with Gasteiger partial charge in [-0.25, -0.2) is 14.4 Å². The number of aliphatic hydroxyl groups is 3. The first-order chi connectivity index (χ1) is 12.2. The average molecular weight is 425 g/mol. The minimum atomic E-state index is -0.935. The van der Waals surface area contributed by atoms with Crippen LogP contribution in [0.3, 0.4) is 0 Å². The van der Waals surface area contributed by atoms with E-state index in [0.717, 1.165) is 0 Å². The first-order valence-corrected chi connectivity index (χ1v) is 7.66. The standard InChI is InChI=1S/C6H14O3.3C4H6O2.H4Si/c1-2-6(3-7,4-8)5-9;3*1-3(2)4(5)6;/h7-9H,2-5H2,1H3;3*1H2,2H3,(H,5,6);1H4. The molecule has 166 valence electrons. The van der Waals surface area contributed by atoms with Gasteiger partial charge < -0.3 is 30.6 Å². The molecule has 0 saturated heterocycles. The highest BCUT2D eigenvalue weighted by Crippen LogP contribution is 2.18. The zero-order chi connectivity index (χ0) is 22.8. The van der Waals surface area contributed by atoms with Crippen LogP contribution < -0.4 is 0 Å². The van der Waals surface area contributed by atoms with Gasteiger partial charge in [0.2, 0.25) is 0 Å². The number of hydrogen-bond donors (Lipinski definition) is 6. The van der Waals surface area contributed by atoms with Crippen molar-refractivity contribution in [2.75, 3.05) is 19.8 Å². The lowest BCUT2D eigenvalue weighted by atomic mass is 9.88. The molecule has 0 aromatic carbocycles. The number of carboxylic acid groups (broad SMARTS) is 3. The van der Waals surface area contributed by atoms with Crippen molar-refractivity contribution in [3.63, 3.8) is 0 Å². The number of carbonyl (C=O) groups is 3. The molecule has 6 N–H and O–H groups in total. The predicted octanol–water partition coefficient (Wildman–Crippen LogP) is -0.151. The second kappa shape index (κ2) is 21.0. The summed E-state index contributed by atoms with van der Waals surface area (Å²) in [5, 5.41) is 49.6. The number of rotatable bonds is 7. The molecule has 0 spiro atoms. The second-order valence-electron chi connectivity index (χ2n) is 5.58. The van der Waals surface area contributed by atoms with Crippen LogP contribution in [0.25, 0.3) is 0 Å². The van der Waals surface area contributed by atoms with E-state index in [1.54, 1.807) is 0 Å². The maximum atomic E-state index is 9.60. The van der Waals surface area contributed by atoms with Crippen molar-refractivity contribution in [3.05, 3.63) is 36.5 Å². The monoisotopic (exact) mass is 424 g/mol. The van der Waals surface area contributed by atoms with E-state index in [0.29, 0.717) is 6.42 Å². The van der Waals surface area contributed by atoms with Gasteiger partial charge in [0.25, 0.3) is 0 Å². The van der Waals surface area contributed by atoms with Gasteiger partial charge in [0.15, 0.2) is 0 Å². The molecule has 0 fully saturated rings. The van der Waals surface area contributed by atoms with Crippen LogP contribution in [-0.4, -0.2) is 79.3 Å². The molecule has 28 heavy (non-hydrogen) atoms. The summed E-state index contributed by atoms with van der Waals surface area (Å²) in [7, 11) is 0. The Morgan fingerprint density at radius 1 is 0.679 bits per heavy atom. The molecular weight excluding hydrogens is 388 g/mol. The Bertz CT molecular complexity index is 399. The molecule has 0 atom stereocenters. The van der Waals surface area contributed by atoms with Crippen LogP contribution >= 0.6 is 0 Å². The summed E-state index contributed by atoms with van der Waals surface area (Å²) in [4.78, 5) is 28.8. The summed E-state index contributed by atoms with van der Waals surface area (Å²) >= 11 is 0. The first-order valence-electron chi connectivity index (χ1n) is 7.66. The molecule has 0 radical (unpaired) electrons. The van der Waals surface area contributed by atoms with E-state index in [2.05, 4.69) is 19.7 Å². The van der Waals surface area contributed by atoms with E-state index >= 15 is 0 Å². The molecule has 0 bridgehead atoms. The Balaban J connectivity index is -0.0000000846. The quantitative estimate of drug-likeness (QED) is 0.240. The minimum Gasteiger partial charge on any atom is -0.478 e. The maximum Gasteiger partial charge on any atom is 0.330 e. The van der Waals surface area contributed by atoms with Gasteiger partial charge in [-0.2, -0.15) is 0 Å². The summed E-state index contributed by atoms with van der Waals surface area (Å²) in [6.45, 7) is 15.2. The van der Waals surface area contributed by atoms with Crippen molar-refractivity contribution in [2.45, 2.75) is 34.1 Å². The van der Waals surface area contributed by atoms with Gasteiger partial charge in [-0.15, -0.1) is 0 Å². The Morgan fingerprint density at radius 2 is 0.821 bits per heavy atom. The van der Waals surface area contributed by atoms with Crippen LogP contribution in [0.5, 0.6) is 0 Å². The molecule has 0 aromatic heterocycles. The van der Waals surface area contributed by atoms with E-state index in [1.165, 1.54) is 20.8 Å². The van der Waals surface area contributed by atoms with Crippen LogP contribution in [0.2, 0.25) is 0 Å². The molecule has 0 heterocycles. The van der Waals surface area contributed by atoms with Gasteiger partial charge in [0.1, 0.15) is 0 Å². The molecule has 0 aliphatic rings. The lowest BCUT2D eigenvalue weighted by molar-refractivity contribution is -0.133. The highest BCUT2D eigenvalue weighted by Gasteiger charge is 2.24. The third-order valence-electron chi connectivity index (χ3n) is 2.85. The van der Waals surface area contributed by atoms with Crippen molar-refractivity contribution in [2.24, 2.45) is 5.41 Å². The number of aliphatic carboxylic acids is 3. The van der Waals surface area contributed by atoms with E-state index in [4.69, 9.17) is 30.6 Å². The van der Waals surface area contributed by atoms with Gasteiger partial charge in [0.05, 0.1) is 19.8 Å². The highest BCUT2D eigenvalue weighted by atomic mass is 28.1. The average Bonchev–Trinajstić information content (AvgIpc) is 2.58. The molecule has 0 rings (SSSR count). The van der Waals surface area contributed by atoms with Crippen LogP contribution in [0.1, 0.15) is 34.1 Å². The van der Waals surface area contributed by atoms with Gasteiger partial charge in [-0.05, 0) is 38.2 Å². The number of hydrogen-bond acceptors (Lipinski definition) is 6. The third-order valence-corrected chi connectivity index (χ3v) is 2.85. The smallest absolute Gasteiger partial charge is 0.330 e. The summed E-state index contributed by atoms with van der Waals surface area (Å²) in [6.07, 6.45) is 0.594. The van der Waals surface area contributed by atoms with Gasteiger partial charge in [0, 0.05) is 22.1 Å². The normalized spacial score (nSPS) is 8.68. The topological polar surface area (TPSA) is 173 Å². The van der Waals surface area contributed by atoms with Crippen LogP contribution in [0.15, 0.2) is 36.5 Å². The molecule has 0 aromatic rings. The van der Waals surface area contributed by atoms with Crippen LogP contribution in [0.4, 0.5) is 0 Å². The van der Waals surface area contributed by atoms with Crippen molar-refractivity contribution in [1.29, 1.82) is 0 Å². The zero-order valence-electron chi connectivity index (χ0n) is 16.4. The van der Waals surface area contributed by atoms with Crippen molar-refractivity contribution in [3.8, 4) is 0 Å².